The molecule has 0 aromatic heterocycles. The van der Waals surface area contributed by atoms with E-state index in [0.29, 0.717) is 11.1 Å². The minimum atomic E-state index is -1.64. The second-order valence-electron chi connectivity index (χ2n) is 4.74. The first kappa shape index (κ1) is 17.2. The van der Waals surface area contributed by atoms with E-state index in [0.717, 1.165) is 0 Å². The maximum absolute atomic E-state index is 13.1. The van der Waals surface area contributed by atoms with Crippen molar-refractivity contribution in [1.82, 2.24) is 5.48 Å². The Kier molecular flexibility index (Phi) is 5.95. The number of hydroxylamine groups is 1. The fourth-order valence-corrected chi connectivity index (χ4v) is 3.53. The average molecular weight is 339 g/mol. The summed E-state index contributed by atoms with van der Waals surface area (Å²) in [5.41, 5.74) is 3.24. The number of carbonyl (C=O) groups excluding carboxylic acids is 1. The number of carbonyl (C=O) groups is 1. The summed E-state index contributed by atoms with van der Waals surface area (Å²) in [4.78, 5) is 16.1. The van der Waals surface area contributed by atoms with Crippen LogP contribution in [0.3, 0.4) is 0 Å². The first-order valence-electron chi connectivity index (χ1n) is 6.71. The maximum atomic E-state index is 13.1. The van der Waals surface area contributed by atoms with E-state index in [-0.39, 0.29) is 5.75 Å². The van der Waals surface area contributed by atoms with Crippen LogP contribution in [-0.2, 0) is 20.4 Å². The van der Waals surface area contributed by atoms with E-state index in [4.69, 9.17) is 0 Å². The third kappa shape index (κ3) is 4.67. The van der Waals surface area contributed by atoms with E-state index in [1.165, 1.54) is 55.6 Å². The predicted molar refractivity (Wildman–Crippen MR) is 82.8 cm³/mol. The second-order valence-corrected chi connectivity index (χ2v) is 6.26. The zero-order valence-corrected chi connectivity index (χ0v) is 13.1. The van der Waals surface area contributed by atoms with Crippen molar-refractivity contribution in [3.05, 3.63) is 71.3 Å². The number of benzene rings is 2. The van der Waals surface area contributed by atoms with Crippen molar-refractivity contribution >= 4 is 16.7 Å². The lowest BCUT2D eigenvalue weighted by Gasteiger charge is -2.17. The highest BCUT2D eigenvalue weighted by atomic mass is 32.2. The van der Waals surface area contributed by atoms with Gasteiger partial charge in [-0.25, -0.2) is 14.3 Å². The van der Waals surface area contributed by atoms with Gasteiger partial charge in [0.15, 0.2) is 0 Å². The summed E-state index contributed by atoms with van der Waals surface area (Å²) in [5, 5.41) is -0.682. The summed E-state index contributed by atoms with van der Waals surface area (Å²) in [6.45, 7) is 0. The standard InChI is InChI=1S/C16H15F2NO3S/c1-22-19-15(20)10-23(21)16(11-2-6-13(17)7-3-11)12-4-8-14(18)9-5-12/h2-9,16H,10H2,1H3,(H,19,20). The molecule has 0 fully saturated rings. The lowest BCUT2D eigenvalue weighted by molar-refractivity contribution is -0.128. The van der Waals surface area contributed by atoms with Crippen molar-refractivity contribution in [1.29, 1.82) is 0 Å². The van der Waals surface area contributed by atoms with Crippen LogP contribution in [0.2, 0.25) is 0 Å². The number of hydrogen-bond donors (Lipinski definition) is 1. The molecule has 0 saturated heterocycles. The highest BCUT2D eigenvalue weighted by Gasteiger charge is 2.23. The fourth-order valence-electron chi connectivity index (χ4n) is 2.13. The molecule has 1 amide bonds. The Morgan fingerprint density at radius 1 is 1.04 bits per heavy atom. The molecule has 0 aliphatic rings. The molecule has 0 radical (unpaired) electrons. The molecule has 0 aliphatic heterocycles. The molecule has 2 rings (SSSR count). The third-order valence-electron chi connectivity index (χ3n) is 3.10. The van der Waals surface area contributed by atoms with Crippen molar-refractivity contribution < 1.29 is 22.6 Å². The molecule has 7 heteroatoms. The molecule has 23 heavy (non-hydrogen) atoms. The van der Waals surface area contributed by atoms with Crippen LogP contribution in [0.5, 0.6) is 0 Å². The molecule has 1 atom stereocenters. The Balaban J connectivity index is 2.34. The minimum Gasteiger partial charge on any atom is -0.277 e. The van der Waals surface area contributed by atoms with Gasteiger partial charge in [0.1, 0.15) is 17.4 Å². The largest absolute Gasteiger partial charge is 0.277 e. The molecule has 2 aromatic rings. The molecule has 122 valence electrons. The summed E-state index contributed by atoms with van der Waals surface area (Å²) < 4.78 is 38.8. The van der Waals surface area contributed by atoms with Crippen LogP contribution in [0.25, 0.3) is 0 Å². The Hall–Kier alpha value is -2.12. The van der Waals surface area contributed by atoms with Gasteiger partial charge in [0.05, 0.1) is 12.4 Å². The first-order valence-corrected chi connectivity index (χ1v) is 8.09. The van der Waals surface area contributed by atoms with Gasteiger partial charge in [-0.1, -0.05) is 24.3 Å². The normalized spacial score (nSPS) is 12.2. The van der Waals surface area contributed by atoms with Gasteiger partial charge >= 0.3 is 0 Å². The molecule has 0 heterocycles. The lowest BCUT2D eigenvalue weighted by Crippen LogP contribution is -2.29. The summed E-state index contributed by atoms with van der Waals surface area (Å²) in [6.07, 6.45) is 0. The third-order valence-corrected chi connectivity index (χ3v) is 4.71. The van der Waals surface area contributed by atoms with Gasteiger partial charge in [0.2, 0.25) is 0 Å². The molecule has 2 aromatic carbocycles. The first-order chi connectivity index (χ1) is 11.0. The zero-order valence-electron chi connectivity index (χ0n) is 12.3. The number of amides is 1. The fraction of sp³-hybridized carbons (Fsp3) is 0.188. The van der Waals surface area contributed by atoms with Crippen molar-refractivity contribution in [2.24, 2.45) is 0 Å². The Morgan fingerprint density at radius 3 is 1.87 bits per heavy atom. The predicted octanol–water partition coefficient (Wildman–Crippen LogP) is 2.48. The summed E-state index contributed by atoms with van der Waals surface area (Å²) in [6, 6.07) is 11.0. The SMILES string of the molecule is CONC(=O)CS(=O)C(c1ccc(F)cc1)c1ccc(F)cc1. The zero-order chi connectivity index (χ0) is 16.8. The van der Waals surface area contributed by atoms with E-state index in [1.54, 1.807) is 0 Å². The molecule has 0 bridgehead atoms. The Morgan fingerprint density at radius 2 is 1.48 bits per heavy atom. The van der Waals surface area contributed by atoms with E-state index in [1.807, 2.05) is 0 Å². The van der Waals surface area contributed by atoms with Gasteiger partial charge in [-0.05, 0) is 35.4 Å². The van der Waals surface area contributed by atoms with Crippen molar-refractivity contribution in [3.8, 4) is 0 Å². The topological polar surface area (TPSA) is 55.4 Å². The Bertz CT molecular complexity index is 644. The van der Waals surface area contributed by atoms with Gasteiger partial charge in [-0.2, -0.15) is 0 Å². The van der Waals surface area contributed by atoms with Gasteiger partial charge in [0, 0.05) is 10.8 Å². The van der Waals surface area contributed by atoms with Gasteiger partial charge in [-0.15, -0.1) is 0 Å². The minimum absolute atomic E-state index is 0.298. The van der Waals surface area contributed by atoms with E-state index in [9.17, 15) is 17.8 Å². The van der Waals surface area contributed by atoms with Crippen LogP contribution in [0, 0.1) is 11.6 Å². The highest BCUT2D eigenvalue weighted by molar-refractivity contribution is 7.86. The quantitative estimate of drug-likeness (QED) is 0.823. The second kappa shape index (κ2) is 7.94. The number of rotatable bonds is 6. The molecule has 1 unspecified atom stereocenters. The summed E-state index contributed by atoms with van der Waals surface area (Å²) >= 11 is 0. The molecular weight excluding hydrogens is 324 g/mol. The number of hydrogen-bond acceptors (Lipinski definition) is 3. The highest BCUT2D eigenvalue weighted by Crippen LogP contribution is 2.28. The average Bonchev–Trinajstić information content (AvgIpc) is 2.51. The Labute approximate surface area is 134 Å². The van der Waals surface area contributed by atoms with Gasteiger partial charge < -0.3 is 0 Å². The van der Waals surface area contributed by atoms with Crippen LogP contribution >= 0.6 is 0 Å². The van der Waals surface area contributed by atoms with Gasteiger partial charge in [-0.3, -0.25) is 13.8 Å². The van der Waals surface area contributed by atoms with E-state index in [2.05, 4.69) is 10.3 Å². The van der Waals surface area contributed by atoms with Crippen LogP contribution in [0.15, 0.2) is 48.5 Å². The molecule has 0 saturated carbocycles. The van der Waals surface area contributed by atoms with Crippen molar-refractivity contribution in [2.75, 3.05) is 12.9 Å². The van der Waals surface area contributed by atoms with E-state index >= 15 is 0 Å². The van der Waals surface area contributed by atoms with Crippen molar-refractivity contribution in [3.63, 3.8) is 0 Å². The van der Waals surface area contributed by atoms with Crippen LogP contribution in [-0.4, -0.2) is 23.0 Å². The summed E-state index contributed by atoms with van der Waals surface area (Å²) in [7, 11) is -0.365. The molecule has 1 N–H and O–H groups in total. The molecular formula is C16H15F2NO3S. The smallest absolute Gasteiger partial charge is 0.256 e. The lowest BCUT2D eigenvalue weighted by atomic mass is 10.0. The monoisotopic (exact) mass is 339 g/mol. The maximum Gasteiger partial charge on any atom is 0.256 e. The van der Waals surface area contributed by atoms with Crippen LogP contribution in [0.4, 0.5) is 8.78 Å². The van der Waals surface area contributed by atoms with Crippen LogP contribution in [0.1, 0.15) is 16.4 Å². The van der Waals surface area contributed by atoms with E-state index < -0.39 is 33.6 Å². The van der Waals surface area contributed by atoms with Gasteiger partial charge in [0.25, 0.3) is 5.91 Å². The number of nitrogens with one attached hydrogen (secondary N) is 1. The van der Waals surface area contributed by atoms with Crippen molar-refractivity contribution in [2.45, 2.75) is 5.25 Å². The van der Waals surface area contributed by atoms with Crippen LogP contribution < -0.4 is 5.48 Å². The molecule has 0 aliphatic carbocycles. The number of halogens is 2. The molecule has 0 spiro atoms. The summed E-state index contributed by atoms with van der Waals surface area (Å²) in [5.74, 6) is -1.68. The molecule has 4 nitrogen and oxygen atoms in total.